The molecule has 1 aliphatic heterocycles. The van der Waals surface area contributed by atoms with Crippen molar-refractivity contribution in [3.05, 3.63) is 28.8 Å². The van der Waals surface area contributed by atoms with Gasteiger partial charge in [-0.1, -0.05) is 17.7 Å². The van der Waals surface area contributed by atoms with Gasteiger partial charge in [0.1, 0.15) is 4.90 Å². The number of hydrogen-bond acceptors (Lipinski definition) is 4. The van der Waals surface area contributed by atoms with Crippen LogP contribution >= 0.6 is 11.6 Å². The van der Waals surface area contributed by atoms with Crippen LogP contribution in [-0.2, 0) is 21.4 Å². The topological polar surface area (TPSA) is 66.8 Å². The van der Waals surface area contributed by atoms with E-state index < -0.39 is 10.0 Å². The fourth-order valence-electron chi connectivity index (χ4n) is 2.31. The van der Waals surface area contributed by atoms with E-state index in [1.54, 1.807) is 6.07 Å². The minimum Gasteiger partial charge on any atom is -0.392 e. The maximum absolute atomic E-state index is 12.7. The third-order valence-electron chi connectivity index (χ3n) is 3.18. The molecule has 1 aromatic carbocycles. The van der Waals surface area contributed by atoms with E-state index >= 15 is 0 Å². The van der Waals surface area contributed by atoms with Crippen molar-refractivity contribution in [3.8, 4) is 0 Å². The van der Waals surface area contributed by atoms with Crippen LogP contribution in [-0.4, -0.2) is 43.1 Å². The number of ether oxygens (including phenoxy) is 1. The van der Waals surface area contributed by atoms with E-state index in [1.807, 2.05) is 13.8 Å². The van der Waals surface area contributed by atoms with Crippen molar-refractivity contribution in [2.45, 2.75) is 37.6 Å². The van der Waals surface area contributed by atoms with Crippen molar-refractivity contribution < 1.29 is 18.3 Å². The van der Waals surface area contributed by atoms with Crippen LogP contribution in [0.5, 0.6) is 0 Å². The van der Waals surface area contributed by atoms with E-state index in [0.717, 1.165) is 0 Å². The van der Waals surface area contributed by atoms with Crippen LogP contribution in [0.15, 0.2) is 23.1 Å². The van der Waals surface area contributed by atoms with Crippen LogP contribution in [0.1, 0.15) is 19.4 Å². The van der Waals surface area contributed by atoms with Crippen LogP contribution in [0, 0.1) is 0 Å². The van der Waals surface area contributed by atoms with Crippen LogP contribution in [0.4, 0.5) is 0 Å². The van der Waals surface area contributed by atoms with E-state index in [-0.39, 0.29) is 28.7 Å². The fourth-order valence-corrected chi connectivity index (χ4v) is 4.43. The fraction of sp³-hybridized carbons (Fsp3) is 0.538. The zero-order valence-corrected chi connectivity index (χ0v) is 13.0. The molecule has 1 saturated heterocycles. The van der Waals surface area contributed by atoms with E-state index in [0.29, 0.717) is 18.7 Å². The summed E-state index contributed by atoms with van der Waals surface area (Å²) in [5.41, 5.74) is 0.516. The highest BCUT2D eigenvalue weighted by Gasteiger charge is 2.33. The average Bonchev–Trinajstić information content (AvgIpc) is 2.38. The van der Waals surface area contributed by atoms with Gasteiger partial charge in [0, 0.05) is 13.1 Å². The number of nitrogens with zero attached hydrogens (tertiary/aromatic N) is 1. The molecule has 0 aliphatic carbocycles. The summed E-state index contributed by atoms with van der Waals surface area (Å²) >= 11 is 6.01. The first-order chi connectivity index (χ1) is 9.34. The summed E-state index contributed by atoms with van der Waals surface area (Å²) in [6.07, 6.45) is -0.318. The molecule has 2 atom stereocenters. The highest BCUT2D eigenvalue weighted by Crippen LogP contribution is 2.28. The molecule has 0 amide bonds. The number of sulfonamides is 1. The molecule has 0 bridgehead atoms. The van der Waals surface area contributed by atoms with Crippen molar-refractivity contribution in [2.24, 2.45) is 0 Å². The monoisotopic (exact) mass is 319 g/mol. The zero-order valence-electron chi connectivity index (χ0n) is 11.4. The number of halogens is 1. The molecule has 7 heteroatoms. The Morgan fingerprint density at radius 1 is 1.35 bits per heavy atom. The first kappa shape index (κ1) is 15.7. The third-order valence-corrected chi connectivity index (χ3v) is 5.50. The van der Waals surface area contributed by atoms with Crippen molar-refractivity contribution in [1.29, 1.82) is 0 Å². The molecule has 2 rings (SSSR count). The van der Waals surface area contributed by atoms with Gasteiger partial charge in [0.25, 0.3) is 0 Å². The number of morpholine rings is 1. The zero-order chi connectivity index (χ0) is 14.9. The Hall–Kier alpha value is -0.660. The normalized spacial score (nSPS) is 24.8. The summed E-state index contributed by atoms with van der Waals surface area (Å²) in [6, 6.07) is 4.52. The van der Waals surface area contributed by atoms with Crippen molar-refractivity contribution in [3.63, 3.8) is 0 Å². The van der Waals surface area contributed by atoms with Gasteiger partial charge in [-0.15, -0.1) is 0 Å². The second-order valence-electron chi connectivity index (χ2n) is 5.00. The predicted molar refractivity (Wildman–Crippen MR) is 76.1 cm³/mol. The van der Waals surface area contributed by atoms with Gasteiger partial charge in [-0.25, -0.2) is 8.42 Å². The number of aliphatic hydroxyl groups is 1. The lowest BCUT2D eigenvalue weighted by Gasteiger charge is -2.34. The highest BCUT2D eigenvalue weighted by molar-refractivity contribution is 7.89. The summed E-state index contributed by atoms with van der Waals surface area (Å²) < 4.78 is 32.3. The summed E-state index contributed by atoms with van der Waals surface area (Å²) in [7, 11) is -3.68. The molecule has 0 aromatic heterocycles. The van der Waals surface area contributed by atoms with Gasteiger partial charge in [0.15, 0.2) is 0 Å². The second kappa shape index (κ2) is 5.99. The largest absolute Gasteiger partial charge is 0.392 e. The van der Waals surface area contributed by atoms with Crippen molar-refractivity contribution >= 4 is 21.6 Å². The lowest BCUT2D eigenvalue weighted by atomic mass is 10.2. The quantitative estimate of drug-likeness (QED) is 0.919. The summed E-state index contributed by atoms with van der Waals surface area (Å²) in [6.45, 7) is 4.04. The molecule has 20 heavy (non-hydrogen) atoms. The second-order valence-corrected chi connectivity index (χ2v) is 7.32. The van der Waals surface area contributed by atoms with E-state index in [1.165, 1.54) is 16.4 Å². The first-order valence-corrected chi connectivity index (χ1v) is 8.21. The summed E-state index contributed by atoms with van der Waals surface area (Å²) in [5, 5.41) is 9.30. The SMILES string of the molecule is CC1CN(S(=O)(=O)c2cc(CO)ccc2Cl)CC(C)O1. The van der Waals surface area contributed by atoms with Gasteiger partial charge in [-0.3, -0.25) is 0 Å². The van der Waals surface area contributed by atoms with E-state index in [4.69, 9.17) is 21.4 Å². The Balaban J connectivity index is 2.39. The smallest absolute Gasteiger partial charge is 0.244 e. The van der Waals surface area contributed by atoms with Gasteiger partial charge in [0.2, 0.25) is 10.0 Å². The Morgan fingerprint density at radius 3 is 2.50 bits per heavy atom. The molecule has 0 radical (unpaired) electrons. The highest BCUT2D eigenvalue weighted by atomic mass is 35.5. The first-order valence-electron chi connectivity index (χ1n) is 6.39. The van der Waals surface area contributed by atoms with Gasteiger partial charge in [-0.05, 0) is 31.5 Å². The molecule has 1 N–H and O–H groups in total. The van der Waals surface area contributed by atoms with Crippen LogP contribution in [0.3, 0.4) is 0 Å². The minimum absolute atomic E-state index is 0.0343. The van der Waals surface area contributed by atoms with Gasteiger partial charge in [-0.2, -0.15) is 4.31 Å². The standard InChI is InChI=1S/C13H18ClNO4S/c1-9-6-15(7-10(2)19-9)20(17,18)13-5-11(8-16)3-4-12(13)14/h3-5,9-10,16H,6-8H2,1-2H3. The summed E-state index contributed by atoms with van der Waals surface area (Å²) in [4.78, 5) is 0.0343. The number of benzene rings is 1. The van der Waals surface area contributed by atoms with E-state index in [2.05, 4.69) is 0 Å². The number of aliphatic hydroxyl groups excluding tert-OH is 1. The average molecular weight is 320 g/mol. The lowest BCUT2D eigenvalue weighted by Crippen LogP contribution is -2.48. The van der Waals surface area contributed by atoms with Crippen molar-refractivity contribution in [2.75, 3.05) is 13.1 Å². The Kier molecular flexibility index (Phi) is 4.71. The van der Waals surface area contributed by atoms with Crippen LogP contribution in [0.25, 0.3) is 0 Å². The molecule has 5 nitrogen and oxygen atoms in total. The maximum atomic E-state index is 12.7. The van der Waals surface area contributed by atoms with Crippen LogP contribution in [0.2, 0.25) is 5.02 Å². The molecule has 0 spiro atoms. The molecule has 1 aromatic rings. The van der Waals surface area contributed by atoms with Gasteiger partial charge in [0.05, 0.1) is 23.8 Å². The molecule has 1 fully saturated rings. The van der Waals surface area contributed by atoms with Crippen LogP contribution < -0.4 is 0 Å². The lowest BCUT2D eigenvalue weighted by molar-refractivity contribution is -0.0440. The molecule has 2 unspecified atom stereocenters. The molecule has 1 aliphatic rings. The Labute approximate surface area is 124 Å². The Bertz CT molecular complexity index is 580. The summed E-state index contributed by atoms with van der Waals surface area (Å²) in [5.74, 6) is 0. The molecule has 0 saturated carbocycles. The van der Waals surface area contributed by atoms with E-state index in [9.17, 15) is 8.42 Å². The molecular weight excluding hydrogens is 302 g/mol. The predicted octanol–water partition coefficient (Wildman–Crippen LogP) is 1.63. The Morgan fingerprint density at radius 2 is 1.95 bits per heavy atom. The van der Waals surface area contributed by atoms with Gasteiger partial charge >= 0.3 is 0 Å². The number of hydrogen-bond donors (Lipinski definition) is 1. The molecular formula is C13H18ClNO4S. The van der Waals surface area contributed by atoms with Crippen molar-refractivity contribution in [1.82, 2.24) is 4.31 Å². The maximum Gasteiger partial charge on any atom is 0.244 e. The third kappa shape index (κ3) is 3.15. The number of rotatable bonds is 3. The van der Waals surface area contributed by atoms with Gasteiger partial charge < -0.3 is 9.84 Å². The minimum atomic E-state index is -3.68. The molecule has 112 valence electrons. The molecule has 1 heterocycles.